The van der Waals surface area contributed by atoms with Crippen LogP contribution >= 0.6 is 0 Å². The minimum Gasteiger partial charge on any atom is -0.338 e. The Kier molecular flexibility index (Phi) is 4.61. The lowest BCUT2D eigenvalue weighted by molar-refractivity contribution is 0.208. The maximum absolute atomic E-state index is 12.4. The van der Waals surface area contributed by atoms with Crippen LogP contribution < -0.4 is 5.32 Å². The van der Waals surface area contributed by atoms with Gasteiger partial charge in [-0.25, -0.2) is 4.79 Å². The number of nitrogens with zero attached hydrogens (tertiary/aromatic N) is 3. The highest BCUT2D eigenvalue weighted by molar-refractivity contribution is 5.83. The summed E-state index contributed by atoms with van der Waals surface area (Å²) < 4.78 is 1.82. The molecule has 0 unspecified atom stereocenters. The van der Waals surface area contributed by atoms with Gasteiger partial charge in [0.2, 0.25) is 0 Å². The molecule has 4 rings (SSSR count). The Hall–Kier alpha value is -2.82. The van der Waals surface area contributed by atoms with Crippen molar-refractivity contribution < 1.29 is 4.79 Å². The molecule has 0 radical (unpaired) electrons. The van der Waals surface area contributed by atoms with Crippen molar-refractivity contribution in [3.05, 3.63) is 66.0 Å². The summed E-state index contributed by atoms with van der Waals surface area (Å²) in [6.45, 7) is 2.24. The van der Waals surface area contributed by atoms with Gasteiger partial charge < -0.3 is 10.2 Å². The van der Waals surface area contributed by atoms with Gasteiger partial charge in [0, 0.05) is 38.8 Å². The first kappa shape index (κ1) is 16.6. The topological polar surface area (TPSA) is 50.2 Å². The second-order valence-electron chi connectivity index (χ2n) is 7.04. The van der Waals surface area contributed by atoms with E-state index in [1.807, 2.05) is 29.0 Å². The fourth-order valence-electron chi connectivity index (χ4n) is 3.69. The third kappa shape index (κ3) is 3.57. The largest absolute Gasteiger partial charge is 0.338 e. The summed E-state index contributed by atoms with van der Waals surface area (Å²) in [7, 11) is 1.93. The molecular formula is C21H24N4O. The zero-order valence-corrected chi connectivity index (χ0v) is 15.1. The second-order valence-corrected chi connectivity index (χ2v) is 7.04. The fraction of sp³-hybridized carbons (Fsp3) is 0.333. The first-order valence-corrected chi connectivity index (χ1v) is 9.18. The lowest BCUT2D eigenvalue weighted by atomic mass is 10.0. The maximum Gasteiger partial charge on any atom is 0.317 e. The van der Waals surface area contributed by atoms with E-state index < -0.39 is 0 Å². The van der Waals surface area contributed by atoms with Gasteiger partial charge in [-0.15, -0.1) is 0 Å². The molecule has 2 amide bonds. The number of hydrogen-bond acceptors (Lipinski definition) is 2. The number of amides is 2. The number of nitrogens with one attached hydrogen (secondary N) is 1. The van der Waals surface area contributed by atoms with Crippen LogP contribution in [0.15, 0.2) is 54.9 Å². The third-order valence-electron chi connectivity index (χ3n) is 5.18. The van der Waals surface area contributed by atoms with Crippen molar-refractivity contribution in [1.29, 1.82) is 0 Å². The van der Waals surface area contributed by atoms with Gasteiger partial charge in [-0.3, -0.25) is 4.68 Å². The van der Waals surface area contributed by atoms with E-state index in [0.717, 1.165) is 25.9 Å². The van der Waals surface area contributed by atoms with Crippen molar-refractivity contribution in [1.82, 2.24) is 20.0 Å². The molecule has 3 aromatic rings. The Morgan fingerprint density at radius 1 is 1.23 bits per heavy atom. The van der Waals surface area contributed by atoms with Gasteiger partial charge in [0.15, 0.2) is 0 Å². The number of urea groups is 1. The summed E-state index contributed by atoms with van der Waals surface area (Å²) in [5.41, 5.74) is 2.47. The molecule has 5 heteroatoms. The lowest BCUT2D eigenvalue weighted by Crippen LogP contribution is -2.39. The molecule has 2 aromatic carbocycles. The quantitative estimate of drug-likeness (QED) is 0.786. The molecule has 2 heterocycles. The van der Waals surface area contributed by atoms with Crippen LogP contribution in [0.3, 0.4) is 0 Å². The summed E-state index contributed by atoms with van der Waals surface area (Å²) >= 11 is 0. The van der Waals surface area contributed by atoms with Crippen molar-refractivity contribution in [2.45, 2.75) is 18.8 Å². The number of likely N-dealkylation sites (tertiary alicyclic amines) is 1. The summed E-state index contributed by atoms with van der Waals surface area (Å²) in [4.78, 5) is 14.3. The summed E-state index contributed by atoms with van der Waals surface area (Å²) in [6.07, 6.45) is 5.80. The zero-order chi connectivity index (χ0) is 17.9. The van der Waals surface area contributed by atoms with Gasteiger partial charge in [-0.05, 0) is 34.7 Å². The SMILES string of the molecule is Cn1cc([C@H]2CCN(C(=O)NCCc3ccc4ccccc4c3)C2)cn1. The number of carbonyl (C=O) groups excluding carboxylic acids is 1. The highest BCUT2D eigenvalue weighted by atomic mass is 16.2. The van der Waals surface area contributed by atoms with Crippen molar-refractivity contribution in [2.24, 2.45) is 7.05 Å². The molecule has 5 nitrogen and oxygen atoms in total. The molecule has 1 aliphatic heterocycles. The van der Waals surface area contributed by atoms with Crippen LogP contribution in [-0.4, -0.2) is 40.3 Å². The normalized spacial score (nSPS) is 17.0. The second kappa shape index (κ2) is 7.20. The molecule has 1 N–H and O–H groups in total. The average molecular weight is 348 g/mol. The molecular weight excluding hydrogens is 324 g/mol. The Bertz CT molecular complexity index is 917. The molecule has 1 atom stereocenters. The Morgan fingerprint density at radius 2 is 2.08 bits per heavy atom. The predicted octanol–water partition coefficient (Wildman–Crippen LogP) is 3.31. The minimum absolute atomic E-state index is 0.0391. The molecule has 1 saturated heterocycles. The van der Waals surface area contributed by atoms with Crippen LogP contribution in [0.1, 0.15) is 23.5 Å². The van der Waals surface area contributed by atoms with E-state index in [4.69, 9.17) is 0 Å². The molecule has 0 spiro atoms. The van der Waals surface area contributed by atoms with Crippen LogP contribution in [0.2, 0.25) is 0 Å². The van der Waals surface area contributed by atoms with Crippen LogP contribution in [0.25, 0.3) is 10.8 Å². The predicted molar refractivity (Wildman–Crippen MR) is 103 cm³/mol. The van der Waals surface area contributed by atoms with Crippen LogP contribution in [0.4, 0.5) is 4.79 Å². The van der Waals surface area contributed by atoms with Crippen LogP contribution in [-0.2, 0) is 13.5 Å². The first-order valence-electron chi connectivity index (χ1n) is 9.18. The molecule has 1 aromatic heterocycles. The van der Waals surface area contributed by atoms with E-state index in [1.54, 1.807) is 0 Å². The Morgan fingerprint density at radius 3 is 2.88 bits per heavy atom. The smallest absolute Gasteiger partial charge is 0.317 e. The highest BCUT2D eigenvalue weighted by Crippen LogP contribution is 2.26. The molecule has 0 bridgehead atoms. The highest BCUT2D eigenvalue weighted by Gasteiger charge is 2.27. The Balaban J connectivity index is 1.28. The van der Waals surface area contributed by atoms with Gasteiger partial charge in [0.25, 0.3) is 0 Å². The summed E-state index contributed by atoms with van der Waals surface area (Å²) in [6, 6.07) is 14.9. The molecule has 0 aliphatic carbocycles. The molecule has 1 aliphatic rings. The van der Waals surface area contributed by atoms with E-state index in [9.17, 15) is 4.79 Å². The fourth-order valence-corrected chi connectivity index (χ4v) is 3.69. The number of carbonyl (C=O) groups is 1. The van der Waals surface area contributed by atoms with Gasteiger partial charge in [0.05, 0.1) is 6.20 Å². The van der Waals surface area contributed by atoms with Crippen molar-refractivity contribution in [2.75, 3.05) is 19.6 Å². The van der Waals surface area contributed by atoms with Crippen molar-refractivity contribution in [3.8, 4) is 0 Å². The Labute approximate surface area is 153 Å². The monoisotopic (exact) mass is 348 g/mol. The number of aromatic nitrogens is 2. The van der Waals surface area contributed by atoms with Gasteiger partial charge >= 0.3 is 6.03 Å². The number of benzene rings is 2. The maximum atomic E-state index is 12.4. The number of fused-ring (bicyclic) bond motifs is 1. The number of aryl methyl sites for hydroxylation is 1. The van der Waals surface area contributed by atoms with Gasteiger partial charge in [-0.2, -0.15) is 5.10 Å². The molecule has 1 fully saturated rings. The van der Waals surface area contributed by atoms with Crippen LogP contribution in [0.5, 0.6) is 0 Å². The average Bonchev–Trinajstić information content (AvgIpc) is 3.30. The van der Waals surface area contributed by atoms with Gasteiger partial charge in [-0.1, -0.05) is 42.5 Å². The van der Waals surface area contributed by atoms with Gasteiger partial charge in [0.1, 0.15) is 0 Å². The van der Waals surface area contributed by atoms with E-state index in [2.05, 4.69) is 52.9 Å². The first-order chi connectivity index (χ1) is 12.7. The standard InChI is InChI=1S/C21H24N4O/c1-24-14-20(13-23-24)19-9-11-25(15-19)21(26)22-10-8-16-6-7-17-4-2-3-5-18(17)12-16/h2-7,12-14,19H,8-11,15H2,1H3,(H,22,26)/t19-/m0/s1. The van der Waals surface area contributed by atoms with Crippen molar-refractivity contribution >= 4 is 16.8 Å². The summed E-state index contributed by atoms with van der Waals surface area (Å²) in [5, 5.41) is 9.79. The molecule has 26 heavy (non-hydrogen) atoms. The van der Waals surface area contributed by atoms with E-state index in [-0.39, 0.29) is 6.03 Å². The van der Waals surface area contributed by atoms with E-state index in [0.29, 0.717) is 12.5 Å². The van der Waals surface area contributed by atoms with Crippen molar-refractivity contribution in [3.63, 3.8) is 0 Å². The van der Waals surface area contributed by atoms with E-state index in [1.165, 1.54) is 21.9 Å². The third-order valence-corrected chi connectivity index (χ3v) is 5.18. The molecule has 0 saturated carbocycles. The lowest BCUT2D eigenvalue weighted by Gasteiger charge is -2.17. The number of rotatable bonds is 4. The van der Waals surface area contributed by atoms with Crippen LogP contribution in [0, 0.1) is 0 Å². The molecule has 134 valence electrons. The van der Waals surface area contributed by atoms with E-state index >= 15 is 0 Å². The summed E-state index contributed by atoms with van der Waals surface area (Å²) in [5.74, 6) is 0.398. The zero-order valence-electron chi connectivity index (χ0n) is 15.1. The number of hydrogen-bond donors (Lipinski definition) is 1. The minimum atomic E-state index is 0.0391.